The standard InChI is InChI=1S/C21H22N2O3/c1-14-9-11-15(12-10-14)18-13-16-7-5-6-8-17(16)19(24)23(18)22-20(25)26-21(2,3)4/h5-13H,1-4H3,(H,22,25). The number of pyridine rings is 1. The summed E-state index contributed by atoms with van der Waals surface area (Å²) in [5, 5.41) is 1.34. The van der Waals surface area contributed by atoms with Crippen molar-refractivity contribution < 1.29 is 9.53 Å². The van der Waals surface area contributed by atoms with Crippen LogP contribution in [-0.2, 0) is 4.74 Å². The largest absolute Gasteiger partial charge is 0.443 e. The van der Waals surface area contributed by atoms with Crippen LogP contribution in [0.5, 0.6) is 0 Å². The maximum atomic E-state index is 13.0. The molecule has 3 rings (SSSR count). The van der Waals surface area contributed by atoms with E-state index in [1.165, 1.54) is 4.68 Å². The molecule has 0 radical (unpaired) electrons. The Morgan fingerprint density at radius 1 is 1.04 bits per heavy atom. The third kappa shape index (κ3) is 3.77. The molecule has 0 bridgehead atoms. The molecule has 3 aromatic rings. The summed E-state index contributed by atoms with van der Waals surface area (Å²) in [6.07, 6.45) is -0.678. The highest BCUT2D eigenvalue weighted by molar-refractivity contribution is 5.87. The van der Waals surface area contributed by atoms with E-state index in [0.29, 0.717) is 11.1 Å². The average molecular weight is 350 g/mol. The molecule has 2 aromatic carbocycles. The first kappa shape index (κ1) is 17.7. The van der Waals surface area contributed by atoms with E-state index >= 15 is 0 Å². The SMILES string of the molecule is Cc1ccc(-c2cc3ccccc3c(=O)n2NC(=O)OC(C)(C)C)cc1. The van der Waals surface area contributed by atoms with Gasteiger partial charge in [-0.15, -0.1) is 0 Å². The van der Waals surface area contributed by atoms with Gasteiger partial charge in [-0.05, 0) is 45.2 Å². The molecule has 0 unspecified atom stereocenters. The fourth-order valence-electron chi connectivity index (χ4n) is 2.70. The molecule has 1 N–H and O–H groups in total. The van der Waals surface area contributed by atoms with Crippen LogP contribution in [0.4, 0.5) is 4.79 Å². The second kappa shape index (κ2) is 6.67. The minimum absolute atomic E-state index is 0.301. The molecule has 0 aliphatic carbocycles. The minimum Gasteiger partial charge on any atom is -0.443 e. The number of aromatic nitrogens is 1. The van der Waals surface area contributed by atoms with Crippen molar-refractivity contribution in [1.82, 2.24) is 4.68 Å². The Kier molecular flexibility index (Phi) is 4.55. The second-order valence-electron chi connectivity index (χ2n) is 7.24. The van der Waals surface area contributed by atoms with Gasteiger partial charge in [-0.2, -0.15) is 0 Å². The number of carbonyl (C=O) groups is 1. The Morgan fingerprint density at radius 3 is 2.35 bits per heavy atom. The molecular formula is C21H22N2O3. The van der Waals surface area contributed by atoms with Gasteiger partial charge in [0.15, 0.2) is 0 Å². The summed E-state index contributed by atoms with van der Waals surface area (Å²) in [4.78, 5) is 25.2. The fraction of sp³-hybridized carbons (Fsp3) is 0.238. The summed E-state index contributed by atoms with van der Waals surface area (Å²) in [6.45, 7) is 7.32. The van der Waals surface area contributed by atoms with Crippen molar-refractivity contribution in [3.05, 3.63) is 70.5 Å². The van der Waals surface area contributed by atoms with Crippen molar-refractivity contribution >= 4 is 16.9 Å². The maximum absolute atomic E-state index is 13.0. The Morgan fingerprint density at radius 2 is 1.69 bits per heavy atom. The van der Waals surface area contributed by atoms with E-state index < -0.39 is 11.7 Å². The van der Waals surface area contributed by atoms with Gasteiger partial charge >= 0.3 is 6.09 Å². The molecule has 0 aliphatic rings. The number of carbonyl (C=O) groups excluding carboxylic acids is 1. The normalized spacial score (nSPS) is 11.4. The summed E-state index contributed by atoms with van der Waals surface area (Å²) >= 11 is 0. The first-order valence-electron chi connectivity index (χ1n) is 8.46. The molecule has 5 heteroatoms. The van der Waals surface area contributed by atoms with Crippen molar-refractivity contribution in [2.24, 2.45) is 0 Å². The Hall–Kier alpha value is -3.08. The quantitative estimate of drug-likeness (QED) is 0.742. The number of rotatable bonds is 2. The van der Waals surface area contributed by atoms with Crippen LogP contribution in [0.1, 0.15) is 26.3 Å². The second-order valence-corrected chi connectivity index (χ2v) is 7.24. The Balaban J connectivity index is 2.16. The number of aryl methyl sites for hydroxylation is 1. The van der Waals surface area contributed by atoms with Crippen LogP contribution in [0.15, 0.2) is 59.4 Å². The molecular weight excluding hydrogens is 328 g/mol. The number of ether oxygens (including phenoxy) is 1. The first-order chi connectivity index (χ1) is 12.2. The van der Waals surface area contributed by atoms with Crippen LogP contribution in [0.2, 0.25) is 0 Å². The number of nitrogens with one attached hydrogen (secondary N) is 1. The lowest BCUT2D eigenvalue weighted by Gasteiger charge is -2.21. The number of benzene rings is 2. The van der Waals surface area contributed by atoms with Gasteiger partial charge in [0.1, 0.15) is 5.60 Å². The van der Waals surface area contributed by atoms with E-state index in [9.17, 15) is 9.59 Å². The zero-order chi connectivity index (χ0) is 18.9. The molecule has 26 heavy (non-hydrogen) atoms. The number of hydrogen-bond donors (Lipinski definition) is 1. The predicted molar refractivity (Wildman–Crippen MR) is 104 cm³/mol. The monoisotopic (exact) mass is 350 g/mol. The van der Waals surface area contributed by atoms with Crippen LogP contribution < -0.4 is 11.0 Å². The van der Waals surface area contributed by atoms with Crippen molar-refractivity contribution in [3.63, 3.8) is 0 Å². The van der Waals surface area contributed by atoms with Crippen LogP contribution in [0, 0.1) is 6.92 Å². The van der Waals surface area contributed by atoms with E-state index in [-0.39, 0.29) is 5.56 Å². The number of hydrogen-bond acceptors (Lipinski definition) is 3. The van der Waals surface area contributed by atoms with E-state index in [2.05, 4.69) is 5.43 Å². The minimum atomic E-state index is -0.678. The fourth-order valence-corrected chi connectivity index (χ4v) is 2.70. The molecule has 0 fully saturated rings. The number of fused-ring (bicyclic) bond motifs is 1. The van der Waals surface area contributed by atoms with Gasteiger partial charge in [0.25, 0.3) is 5.56 Å². The highest BCUT2D eigenvalue weighted by atomic mass is 16.6. The summed E-state index contributed by atoms with van der Waals surface area (Å²) in [5.74, 6) is 0. The smallest absolute Gasteiger partial charge is 0.427 e. The zero-order valence-electron chi connectivity index (χ0n) is 15.4. The van der Waals surface area contributed by atoms with Gasteiger partial charge < -0.3 is 4.74 Å². The molecule has 134 valence electrons. The average Bonchev–Trinajstić information content (AvgIpc) is 2.56. The molecule has 0 aliphatic heterocycles. The molecule has 0 spiro atoms. The molecule has 0 saturated carbocycles. The van der Waals surface area contributed by atoms with Gasteiger partial charge in [0, 0.05) is 10.9 Å². The number of amides is 1. The lowest BCUT2D eigenvalue weighted by Crippen LogP contribution is -2.37. The van der Waals surface area contributed by atoms with Crippen molar-refractivity contribution in [1.29, 1.82) is 0 Å². The van der Waals surface area contributed by atoms with Crippen LogP contribution in [0.25, 0.3) is 22.0 Å². The molecule has 1 amide bonds. The van der Waals surface area contributed by atoms with Crippen molar-refractivity contribution in [2.45, 2.75) is 33.3 Å². The molecule has 1 aromatic heterocycles. The van der Waals surface area contributed by atoms with E-state index in [1.54, 1.807) is 32.9 Å². The highest BCUT2D eigenvalue weighted by Gasteiger charge is 2.19. The lowest BCUT2D eigenvalue weighted by molar-refractivity contribution is 0.0613. The maximum Gasteiger partial charge on any atom is 0.427 e. The van der Waals surface area contributed by atoms with Crippen molar-refractivity contribution in [2.75, 3.05) is 5.43 Å². The van der Waals surface area contributed by atoms with E-state index in [0.717, 1.165) is 16.5 Å². The summed E-state index contributed by atoms with van der Waals surface area (Å²) in [5.41, 5.74) is 4.16. The summed E-state index contributed by atoms with van der Waals surface area (Å²) < 4.78 is 6.56. The first-order valence-corrected chi connectivity index (χ1v) is 8.46. The Bertz CT molecular complexity index is 1010. The van der Waals surface area contributed by atoms with E-state index in [4.69, 9.17) is 4.74 Å². The van der Waals surface area contributed by atoms with Crippen LogP contribution in [0.3, 0.4) is 0 Å². The molecule has 0 atom stereocenters. The zero-order valence-corrected chi connectivity index (χ0v) is 15.4. The third-order valence-electron chi connectivity index (χ3n) is 3.88. The summed E-state index contributed by atoms with van der Waals surface area (Å²) in [7, 11) is 0. The highest BCUT2D eigenvalue weighted by Crippen LogP contribution is 2.22. The third-order valence-corrected chi connectivity index (χ3v) is 3.88. The van der Waals surface area contributed by atoms with Crippen LogP contribution >= 0.6 is 0 Å². The van der Waals surface area contributed by atoms with Gasteiger partial charge in [0.05, 0.1) is 5.69 Å². The van der Waals surface area contributed by atoms with Gasteiger partial charge in [-0.1, -0.05) is 48.0 Å². The Labute approximate surface area is 152 Å². The molecule has 0 saturated heterocycles. The number of nitrogens with zero attached hydrogens (tertiary/aromatic N) is 1. The summed E-state index contributed by atoms with van der Waals surface area (Å²) in [6, 6.07) is 17.0. The van der Waals surface area contributed by atoms with E-state index in [1.807, 2.05) is 49.4 Å². The van der Waals surface area contributed by atoms with Gasteiger partial charge in [-0.3, -0.25) is 4.79 Å². The molecule has 5 nitrogen and oxygen atoms in total. The van der Waals surface area contributed by atoms with Crippen molar-refractivity contribution in [3.8, 4) is 11.3 Å². The predicted octanol–water partition coefficient (Wildman–Crippen LogP) is 4.46. The van der Waals surface area contributed by atoms with Gasteiger partial charge in [0.2, 0.25) is 0 Å². The molecule has 1 heterocycles. The topological polar surface area (TPSA) is 60.3 Å². The van der Waals surface area contributed by atoms with Crippen LogP contribution in [-0.4, -0.2) is 16.4 Å². The lowest BCUT2D eigenvalue weighted by atomic mass is 10.1. The van der Waals surface area contributed by atoms with Gasteiger partial charge in [-0.25, -0.2) is 14.9 Å².